The van der Waals surface area contributed by atoms with E-state index >= 15 is 0 Å². The number of rotatable bonds is 5. The molecule has 0 saturated heterocycles. The molecule has 1 N–H and O–H groups in total. The lowest BCUT2D eigenvalue weighted by atomic mass is 10.1. The number of nitrogens with one attached hydrogen (secondary N) is 1. The number of hydrogen-bond donors (Lipinski definition) is 1. The standard InChI is InChI=1S/C22H19N5OS/c28-21(17-4-1-3-16(11-17)13-26-10-8-24-15-26)25-19-6-9-27-20(19)14-29-22(27)18-5-2-7-23-12-18/h1-12,15,22H,13-14H2,(H,25,28). The highest BCUT2D eigenvalue weighted by Gasteiger charge is 2.27. The van der Waals surface area contributed by atoms with E-state index < -0.39 is 0 Å². The zero-order valence-electron chi connectivity index (χ0n) is 15.6. The molecule has 0 saturated carbocycles. The molecule has 4 heterocycles. The molecule has 29 heavy (non-hydrogen) atoms. The lowest BCUT2D eigenvalue weighted by Gasteiger charge is -2.12. The Morgan fingerprint density at radius 3 is 2.93 bits per heavy atom. The van der Waals surface area contributed by atoms with Gasteiger partial charge in [0.1, 0.15) is 5.37 Å². The molecule has 3 aromatic heterocycles. The molecule has 4 aromatic rings. The van der Waals surface area contributed by atoms with Crippen molar-refractivity contribution in [2.24, 2.45) is 0 Å². The van der Waals surface area contributed by atoms with Crippen LogP contribution in [0.25, 0.3) is 0 Å². The highest BCUT2D eigenvalue weighted by Crippen LogP contribution is 2.43. The number of imidazole rings is 1. The molecule has 144 valence electrons. The van der Waals surface area contributed by atoms with Gasteiger partial charge in [-0.25, -0.2) is 4.98 Å². The summed E-state index contributed by atoms with van der Waals surface area (Å²) in [7, 11) is 0. The summed E-state index contributed by atoms with van der Waals surface area (Å²) in [6.07, 6.45) is 11.2. The first-order chi connectivity index (χ1) is 14.3. The molecule has 1 aliphatic heterocycles. The second kappa shape index (κ2) is 7.60. The van der Waals surface area contributed by atoms with E-state index in [0.29, 0.717) is 12.1 Å². The average Bonchev–Trinajstić information content (AvgIpc) is 3.48. The van der Waals surface area contributed by atoms with E-state index in [2.05, 4.69) is 25.9 Å². The van der Waals surface area contributed by atoms with Crippen LogP contribution < -0.4 is 5.32 Å². The van der Waals surface area contributed by atoms with E-state index in [1.54, 1.807) is 18.7 Å². The molecular formula is C22H19N5OS. The summed E-state index contributed by atoms with van der Waals surface area (Å²) in [6, 6.07) is 13.7. The fraction of sp³-hybridized carbons (Fsp3) is 0.136. The van der Waals surface area contributed by atoms with Gasteiger partial charge in [0.25, 0.3) is 5.91 Å². The predicted octanol–water partition coefficient (Wildman–Crippen LogP) is 4.17. The smallest absolute Gasteiger partial charge is 0.255 e. The Hall–Kier alpha value is -3.32. The lowest BCUT2D eigenvalue weighted by molar-refractivity contribution is 0.102. The van der Waals surface area contributed by atoms with Gasteiger partial charge in [-0.05, 0) is 29.8 Å². The number of benzene rings is 1. The Bertz CT molecular complexity index is 1140. The molecule has 1 unspecified atom stereocenters. The maximum Gasteiger partial charge on any atom is 0.255 e. The van der Waals surface area contributed by atoms with Crippen LogP contribution >= 0.6 is 11.8 Å². The molecule has 1 aromatic carbocycles. The molecule has 7 heteroatoms. The number of nitrogens with zero attached hydrogens (tertiary/aromatic N) is 4. The van der Waals surface area contributed by atoms with Gasteiger partial charge in [0.05, 0.1) is 17.7 Å². The Kier molecular flexibility index (Phi) is 4.65. The van der Waals surface area contributed by atoms with Crippen molar-refractivity contribution < 1.29 is 4.79 Å². The number of pyridine rings is 1. The van der Waals surface area contributed by atoms with Crippen LogP contribution in [0.2, 0.25) is 0 Å². The van der Waals surface area contributed by atoms with Crippen LogP contribution in [0, 0.1) is 0 Å². The first-order valence-corrected chi connectivity index (χ1v) is 10.4. The van der Waals surface area contributed by atoms with Gasteiger partial charge >= 0.3 is 0 Å². The van der Waals surface area contributed by atoms with E-state index in [0.717, 1.165) is 28.3 Å². The van der Waals surface area contributed by atoms with Gasteiger partial charge in [0, 0.05) is 54.4 Å². The lowest BCUT2D eigenvalue weighted by Crippen LogP contribution is -2.13. The summed E-state index contributed by atoms with van der Waals surface area (Å²) in [4.78, 5) is 21.2. The Morgan fingerprint density at radius 1 is 1.14 bits per heavy atom. The van der Waals surface area contributed by atoms with Crippen molar-refractivity contribution in [2.75, 3.05) is 5.32 Å². The Morgan fingerprint density at radius 2 is 2.10 bits per heavy atom. The van der Waals surface area contributed by atoms with Gasteiger partial charge in [-0.15, -0.1) is 11.8 Å². The summed E-state index contributed by atoms with van der Waals surface area (Å²) >= 11 is 1.84. The summed E-state index contributed by atoms with van der Waals surface area (Å²) in [6.45, 7) is 0.687. The van der Waals surface area contributed by atoms with Crippen LogP contribution in [0.1, 0.15) is 32.6 Å². The normalized spacial score (nSPS) is 15.2. The monoisotopic (exact) mass is 401 g/mol. The van der Waals surface area contributed by atoms with E-state index in [4.69, 9.17) is 0 Å². The summed E-state index contributed by atoms with van der Waals surface area (Å²) in [5, 5.41) is 3.29. The summed E-state index contributed by atoms with van der Waals surface area (Å²) in [5.74, 6) is 0.754. The van der Waals surface area contributed by atoms with Gasteiger partial charge < -0.3 is 14.5 Å². The van der Waals surface area contributed by atoms with Crippen molar-refractivity contribution in [3.63, 3.8) is 0 Å². The fourth-order valence-electron chi connectivity index (χ4n) is 3.58. The second-order valence-corrected chi connectivity index (χ2v) is 7.99. The van der Waals surface area contributed by atoms with Gasteiger partial charge in [-0.1, -0.05) is 18.2 Å². The molecule has 1 amide bonds. The SMILES string of the molecule is O=C(Nc1ccn2c1CSC2c1cccnc1)c1cccc(Cn2ccnc2)c1. The number of thioether (sulfide) groups is 1. The van der Waals surface area contributed by atoms with Crippen LogP contribution in [0.15, 0.2) is 79.8 Å². The minimum atomic E-state index is -0.0960. The summed E-state index contributed by atoms with van der Waals surface area (Å²) in [5.41, 5.74) is 4.87. The van der Waals surface area contributed by atoms with Crippen LogP contribution in [-0.4, -0.2) is 25.0 Å². The first kappa shape index (κ1) is 17.8. The maximum atomic E-state index is 12.9. The molecule has 0 bridgehead atoms. The zero-order chi connectivity index (χ0) is 19.6. The second-order valence-electron chi connectivity index (χ2n) is 6.92. The highest BCUT2D eigenvalue weighted by molar-refractivity contribution is 7.99. The van der Waals surface area contributed by atoms with Crippen LogP contribution in [-0.2, 0) is 12.3 Å². The number of fused-ring (bicyclic) bond motifs is 1. The number of carbonyl (C=O) groups excluding carboxylic acids is 1. The molecule has 5 rings (SSSR count). The van der Waals surface area contributed by atoms with Crippen molar-refractivity contribution in [2.45, 2.75) is 17.7 Å². The van der Waals surface area contributed by atoms with Gasteiger partial charge in [-0.2, -0.15) is 0 Å². The average molecular weight is 401 g/mol. The molecule has 1 atom stereocenters. The quantitative estimate of drug-likeness (QED) is 0.545. The third kappa shape index (κ3) is 3.56. The zero-order valence-corrected chi connectivity index (χ0v) is 16.4. The van der Waals surface area contributed by atoms with Gasteiger partial charge in [0.2, 0.25) is 0 Å². The highest BCUT2D eigenvalue weighted by atomic mass is 32.2. The minimum absolute atomic E-state index is 0.0960. The molecular weight excluding hydrogens is 382 g/mol. The fourth-order valence-corrected chi connectivity index (χ4v) is 4.89. The maximum absolute atomic E-state index is 12.9. The topological polar surface area (TPSA) is 64.7 Å². The molecule has 1 aliphatic rings. The van der Waals surface area contributed by atoms with E-state index in [-0.39, 0.29) is 11.3 Å². The van der Waals surface area contributed by atoms with E-state index in [9.17, 15) is 4.79 Å². The van der Waals surface area contributed by atoms with E-state index in [1.165, 1.54) is 0 Å². The van der Waals surface area contributed by atoms with Crippen molar-refractivity contribution in [3.8, 4) is 0 Å². The number of hydrogen-bond acceptors (Lipinski definition) is 4. The molecule has 0 radical (unpaired) electrons. The molecule has 6 nitrogen and oxygen atoms in total. The third-order valence-corrected chi connectivity index (χ3v) is 6.24. The first-order valence-electron chi connectivity index (χ1n) is 9.35. The minimum Gasteiger partial charge on any atom is -0.333 e. The number of amides is 1. The molecule has 0 fully saturated rings. The third-order valence-electron chi connectivity index (χ3n) is 4.99. The van der Waals surface area contributed by atoms with Crippen molar-refractivity contribution in [3.05, 3.63) is 102 Å². The van der Waals surface area contributed by atoms with Crippen LogP contribution in [0.5, 0.6) is 0 Å². The predicted molar refractivity (Wildman–Crippen MR) is 114 cm³/mol. The molecule has 0 spiro atoms. The van der Waals surface area contributed by atoms with Crippen LogP contribution in [0.3, 0.4) is 0 Å². The van der Waals surface area contributed by atoms with Crippen molar-refractivity contribution in [1.29, 1.82) is 0 Å². The molecule has 0 aliphatic carbocycles. The Balaban J connectivity index is 1.34. The summed E-state index contributed by atoms with van der Waals surface area (Å²) < 4.78 is 4.19. The van der Waals surface area contributed by atoms with Crippen LogP contribution in [0.4, 0.5) is 5.69 Å². The van der Waals surface area contributed by atoms with E-state index in [1.807, 2.05) is 71.3 Å². The number of carbonyl (C=O) groups is 1. The number of anilines is 1. The van der Waals surface area contributed by atoms with Crippen molar-refractivity contribution >= 4 is 23.4 Å². The Labute approximate surface area is 172 Å². The van der Waals surface area contributed by atoms with Gasteiger partial charge in [0.15, 0.2) is 0 Å². The largest absolute Gasteiger partial charge is 0.333 e. The van der Waals surface area contributed by atoms with Gasteiger partial charge in [-0.3, -0.25) is 9.78 Å². The number of aromatic nitrogens is 4. The van der Waals surface area contributed by atoms with Crippen molar-refractivity contribution in [1.82, 2.24) is 19.1 Å².